The molecule has 4 amide bonds. The number of nitrogens with zero attached hydrogens (tertiary/aromatic N) is 2. The van der Waals surface area contributed by atoms with Crippen LogP contribution in [0.1, 0.15) is 61.8 Å². The highest BCUT2D eigenvalue weighted by atomic mass is 32.2. The van der Waals surface area contributed by atoms with E-state index < -0.39 is 12.1 Å². The Morgan fingerprint density at radius 2 is 2.00 bits per heavy atom. The zero-order valence-corrected chi connectivity index (χ0v) is 20.1. The Morgan fingerprint density at radius 3 is 2.61 bits per heavy atom. The number of unbranched alkanes of at least 4 members (excludes halogenated alkanes) is 3. The van der Waals surface area contributed by atoms with Crippen molar-refractivity contribution in [2.45, 2.75) is 69.2 Å². The SMILES string of the molecule is CCCCCCC(C(=O)Nc1cnc(CC2NC(=O)NC2=O)cn1)c1ccc(SC)c(C)c1. The largest absolute Gasteiger partial charge is 0.326 e. The van der Waals surface area contributed by atoms with Crippen molar-refractivity contribution < 1.29 is 14.4 Å². The fourth-order valence-corrected chi connectivity index (χ4v) is 4.48. The Bertz CT molecular complexity index is 996. The lowest BCUT2D eigenvalue weighted by atomic mass is 9.91. The third-order valence-electron chi connectivity index (χ3n) is 5.71. The average Bonchev–Trinajstić information content (AvgIpc) is 3.11. The van der Waals surface area contributed by atoms with E-state index in [9.17, 15) is 14.4 Å². The van der Waals surface area contributed by atoms with Gasteiger partial charge in [0.05, 0.1) is 24.0 Å². The first-order valence-electron chi connectivity index (χ1n) is 11.3. The van der Waals surface area contributed by atoms with Crippen LogP contribution in [-0.4, -0.2) is 40.1 Å². The Kier molecular flexibility index (Phi) is 8.82. The maximum Gasteiger partial charge on any atom is 0.322 e. The molecule has 1 aromatic heterocycles. The minimum atomic E-state index is -0.660. The Morgan fingerprint density at radius 1 is 1.18 bits per heavy atom. The van der Waals surface area contributed by atoms with E-state index in [0.29, 0.717) is 11.5 Å². The molecule has 8 nitrogen and oxygen atoms in total. The minimum Gasteiger partial charge on any atom is -0.326 e. The first-order valence-corrected chi connectivity index (χ1v) is 12.5. The second kappa shape index (κ2) is 11.8. The van der Waals surface area contributed by atoms with Crippen LogP contribution >= 0.6 is 11.8 Å². The monoisotopic (exact) mass is 469 g/mol. The van der Waals surface area contributed by atoms with Crippen molar-refractivity contribution in [2.24, 2.45) is 0 Å². The van der Waals surface area contributed by atoms with Gasteiger partial charge in [0.1, 0.15) is 6.04 Å². The molecule has 3 rings (SSSR count). The van der Waals surface area contributed by atoms with Crippen molar-refractivity contribution in [1.29, 1.82) is 0 Å². The zero-order chi connectivity index (χ0) is 23.8. The molecule has 1 aliphatic heterocycles. The van der Waals surface area contributed by atoms with Gasteiger partial charge in [0, 0.05) is 11.3 Å². The van der Waals surface area contributed by atoms with Crippen molar-refractivity contribution in [3.05, 3.63) is 47.4 Å². The number of hydrogen-bond donors (Lipinski definition) is 3. The van der Waals surface area contributed by atoms with Gasteiger partial charge in [-0.15, -0.1) is 11.8 Å². The Hall–Kier alpha value is -2.94. The Balaban J connectivity index is 1.68. The molecular formula is C24H31N5O3S. The summed E-state index contributed by atoms with van der Waals surface area (Å²) in [6.45, 7) is 4.24. The summed E-state index contributed by atoms with van der Waals surface area (Å²) in [5.74, 6) is -0.393. The van der Waals surface area contributed by atoms with Crippen LogP contribution in [0.4, 0.5) is 10.6 Å². The number of carbonyl (C=O) groups excluding carboxylic acids is 3. The molecule has 1 fully saturated rings. The van der Waals surface area contributed by atoms with E-state index in [1.54, 1.807) is 11.8 Å². The summed E-state index contributed by atoms with van der Waals surface area (Å²) in [6.07, 6.45) is 10.4. The van der Waals surface area contributed by atoms with Gasteiger partial charge in [-0.05, 0) is 36.8 Å². The number of aryl methyl sites for hydroxylation is 1. The summed E-state index contributed by atoms with van der Waals surface area (Å²) < 4.78 is 0. The smallest absolute Gasteiger partial charge is 0.322 e. The maximum absolute atomic E-state index is 13.2. The number of hydrogen-bond acceptors (Lipinski definition) is 6. The second-order valence-corrected chi connectivity index (χ2v) is 9.08. The van der Waals surface area contributed by atoms with E-state index in [2.05, 4.69) is 51.9 Å². The molecule has 0 radical (unpaired) electrons. The van der Waals surface area contributed by atoms with Gasteiger partial charge in [0.15, 0.2) is 5.82 Å². The molecule has 176 valence electrons. The number of benzene rings is 1. The van der Waals surface area contributed by atoms with Crippen molar-refractivity contribution in [1.82, 2.24) is 20.6 Å². The molecule has 1 aromatic carbocycles. The van der Waals surface area contributed by atoms with E-state index >= 15 is 0 Å². The molecule has 33 heavy (non-hydrogen) atoms. The van der Waals surface area contributed by atoms with E-state index in [1.165, 1.54) is 22.9 Å². The van der Waals surface area contributed by atoms with Gasteiger partial charge in [-0.25, -0.2) is 9.78 Å². The molecular weight excluding hydrogens is 438 g/mol. The number of imide groups is 1. The lowest BCUT2D eigenvalue weighted by molar-refractivity contribution is -0.120. The summed E-state index contributed by atoms with van der Waals surface area (Å²) in [7, 11) is 0. The highest BCUT2D eigenvalue weighted by Gasteiger charge is 2.30. The molecule has 2 aromatic rings. The molecule has 0 aliphatic carbocycles. The number of amides is 4. The van der Waals surface area contributed by atoms with Crippen LogP contribution in [0.5, 0.6) is 0 Å². The van der Waals surface area contributed by atoms with Crippen molar-refractivity contribution in [3.63, 3.8) is 0 Å². The van der Waals surface area contributed by atoms with Crippen LogP contribution in [0.25, 0.3) is 0 Å². The van der Waals surface area contributed by atoms with Crippen LogP contribution in [0.2, 0.25) is 0 Å². The summed E-state index contributed by atoms with van der Waals surface area (Å²) in [5, 5.41) is 7.63. The van der Waals surface area contributed by atoms with Crippen molar-refractivity contribution in [3.8, 4) is 0 Å². The Labute approximate surface area is 198 Å². The van der Waals surface area contributed by atoms with Gasteiger partial charge in [-0.2, -0.15) is 0 Å². The van der Waals surface area contributed by atoms with Crippen molar-refractivity contribution in [2.75, 3.05) is 11.6 Å². The van der Waals surface area contributed by atoms with E-state index in [-0.39, 0.29) is 24.2 Å². The van der Waals surface area contributed by atoms with E-state index in [4.69, 9.17) is 0 Å². The van der Waals surface area contributed by atoms with Gasteiger partial charge in [-0.3, -0.25) is 19.9 Å². The molecule has 2 heterocycles. The summed E-state index contributed by atoms with van der Waals surface area (Å²) in [5.41, 5.74) is 2.72. The third kappa shape index (κ3) is 6.77. The van der Waals surface area contributed by atoms with Crippen LogP contribution in [-0.2, 0) is 16.0 Å². The highest BCUT2D eigenvalue weighted by Crippen LogP contribution is 2.29. The third-order valence-corrected chi connectivity index (χ3v) is 6.61. The molecule has 9 heteroatoms. The molecule has 0 saturated carbocycles. The average molecular weight is 470 g/mol. The lowest BCUT2D eigenvalue weighted by Crippen LogP contribution is -2.31. The van der Waals surface area contributed by atoms with E-state index in [1.807, 2.05) is 12.3 Å². The fraction of sp³-hybridized carbons (Fsp3) is 0.458. The molecule has 1 saturated heterocycles. The number of nitrogens with one attached hydrogen (secondary N) is 3. The summed E-state index contributed by atoms with van der Waals surface area (Å²) >= 11 is 1.70. The molecule has 2 atom stereocenters. The minimum absolute atomic E-state index is 0.104. The predicted octanol–water partition coefficient (Wildman–Crippen LogP) is 3.95. The first-order chi connectivity index (χ1) is 15.9. The van der Waals surface area contributed by atoms with Crippen molar-refractivity contribution >= 4 is 35.4 Å². The predicted molar refractivity (Wildman–Crippen MR) is 129 cm³/mol. The van der Waals surface area contributed by atoms with Gasteiger partial charge in [0.2, 0.25) is 5.91 Å². The molecule has 3 N–H and O–H groups in total. The number of aromatic nitrogens is 2. The maximum atomic E-state index is 13.2. The molecule has 2 unspecified atom stereocenters. The molecule has 0 bridgehead atoms. The summed E-state index contributed by atoms with van der Waals surface area (Å²) in [6, 6.07) is 5.05. The summed E-state index contributed by atoms with van der Waals surface area (Å²) in [4.78, 5) is 46.0. The quantitative estimate of drug-likeness (QED) is 0.261. The van der Waals surface area contributed by atoms with Gasteiger partial charge in [0.25, 0.3) is 5.91 Å². The van der Waals surface area contributed by atoms with Gasteiger partial charge in [-0.1, -0.05) is 44.7 Å². The number of thioether (sulfide) groups is 1. The number of carbonyl (C=O) groups is 3. The topological polar surface area (TPSA) is 113 Å². The van der Waals surface area contributed by atoms with Crippen LogP contribution in [0.3, 0.4) is 0 Å². The highest BCUT2D eigenvalue weighted by molar-refractivity contribution is 7.98. The normalized spacial score (nSPS) is 16.3. The number of rotatable bonds is 11. The van der Waals surface area contributed by atoms with Crippen LogP contribution in [0, 0.1) is 6.92 Å². The van der Waals surface area contributed by atoms with Gasteiger partial charge < -0.3 is 10.6 Å². The number of urea groups is 1. The standard InChI is InChI=1S/C24H31N5O3S/c1-4-5-6-7-8-18(16-9-10-20(33-3)15(2)11-16)22(30)28-21-14-25-17(13-26-21)12-19-23(31)29-24(32)27-19/h9-11,13-14,18-19H,4-8,12H2,1-3H3,(H,26,28,30)(H2,27,29,31,32). The molecule has 1 aliphatic rings. The first kappa shape index (κ1) is 24.7. The fourth-order valence-electron chi connectivity index (χ4n) is 3.89. The zero-order valence-electron chi connectivity index (χ0n) is 19.3. The van der Waals surface area contributed by atoms with Gasteiger partial charge >= 0.3 is 6.03 Å². The number of anilines is 1. The lowest BCUT2D eigenvalue weighted by Gasteiger charge is -2.18. The molecule has 0 spiro atoms. The van der Waals surface area contributed by atoms with Crippen LogP contribution < -0.4 is 16.0 Å². The van der Waals surface area contributed by atoms with E-state index in [0.717, 1.165) is 37.7 Å². The second-order valence-electron chi connectivity index (χ2n) is 8.23. The van der Waals surface area contributed by atoms with Crippen LogP contribution in [0.15, 0.2) is 35.5 Å².